The summed E-state index contributed by atoms with van der Waals surface area (Å²) in [4.78, 5) is 11.9. The molecule has 3 atom stereocenters. The Morgan fingerprint density at radius 2 is 2.37 bits per heavy atom. The maximum Gasteiger partial charge on any atom is 0.220 e. The summed E-state index contributed by atoms with van der Waals surface area (Å²) in [5, 5.41) is 7.07. The van der Waals surface area contributed by atoms with Gasteiger partial charge < -0.3 is 11.1 Å². The summed E-state index contributed by atoms with van der Waals surface area (Å²) < 4.78 is 1.76. The number of nitrogens with zero attached hydrogens (tertiary/aromatic N) is 2. The molecule has 3 N–H and O–H groups in total. The molecule has 5 heteroatoms. The van der Waals surface area contributed by atoms with Crippen LogP contribution in [0.5, 0.6) is 0 Å². The molecule has 2 aliphatic rings. The monoisotopic (exact) mass is 262 g/mol. The van der Waals surface area contributed by atoms with Crippen molar-refractivity contribution in [2.75, 3.05) is 12.3 Å². The van der Waals surface area contributed by atoms with Gasteiger partial charge in [0.25, 0.3) is 0 Å². The van der Waals surface area contributed by atoms with Crippen LogP contribution >= 0.6 is 0 Å². The number of carbonyl (C=O) groups is 1. The van der Waals surface area contributed by atoms with Crippen LogP contribution in [0, 0.1) is 17.8 Å². The minimum absolute atomic E-state index is 0.192. The zero-order valence-electron chi connectivity index (χ0n) is 11.2. The fourth-order valence-corrected chi connectivity index (χ4v) is 3.75. The summed E-state index contributed by atoms with van der Waals surface area (Å²) in [7, 11) is 0. The Morgan fingerprint density at radius 3 is 3.00 bits per heavy atom. The van der Waals surface area contributed by atoms with Gasteiger partial charge in [-0.3, -0.25) is 9.48 Å². The van der Waals surface area contributed by atoms with Crippen LogP contribution in [0.1, 0.15) is 32.1 Å². The van der Waals surface area contributed by atoms with Crippen molar-refractivity contribution >= 4 is 11.6 Å². The number of carbonyl (C=O) groups excluding carboxylic acids is 1. The van der Waals surface area contributed by atoms with E-state index in [1.165, 1.54) is 25.7 Å². The molecule has 2 aliphatic carbocycles. The first-order chi connectivity index (χ1) is 9.20. The molecule has 0 saturated heterocycles. The fraction of sp³-hybridized carbons (Fsp3) is 0.714. The van der Waals surface area contributed by atoms with Crippen LogP contribution in [-0.4, -0.2) is 22.2 Å². The summed E-state index contributed by atoms with van der Waals surface area (Å²) in [6.45, 7) is 1.31. The van der Waals surface area contributed by atoms with E-state index in [0.29, 0.717) is 31.1 Å². The highest BCUT2D eigenvalue weighted by atomic mass is 16.1. The van der Waals surface area contributed by atoms with E-state index in [2.05, 4.69) is 10.4 Å². The Labute approximate surface area is 113 Å². The van der Waals surface area contributed by atoms with Gasteiger partial charge in [0, 0.05) is 19.2 Å². The van der Waals surface area contributed by atoms with Crippen molar-refractivity contribution in [3.8, 4) is 0 Å². The number of amides is 1. The van der Waals surface area contributed by atoms with E-state index in [4.69, 9.17) is 5.73 Å². The molecule has 3 rings (SSSR count). The predicted molar refractivity (Wildman–Crippen MR) is 73.2 cm³/mol. The number of nitrogens with two attached hydrogens (primary N) is 1. The maximum atomic E-state index is 11.9. The molecule has 2 fully saturated rings. The Kier molecular flexibility index (Phi) is 3.44. The molecule has 19 heavy (non-hydrogen) atoms. The van der Waals surface area contributed by atoms with Gasteiger partial charge in [0.2, 0.25) is 5.91 Å². The van der Waals surface area contributed by atoms with E-state index in [1.807, 2.05) is 0 Å². The van der Waals surface area contributed by atoms with E-state index in [9.17, 15) is 4.79 Å². The van der Waals surface area contributed by atoms with Crippen molar-refractivity contribution in [3.05, 3.63) is 12.4 Å². The number of hydrogen-bond donors (Lipinski definition) is 2. The molecule has 0 spiro atoms. The summed E-state index contributed by atoms with van der Waals surface area (Å²) in [5.74, 6) is 2.56. The van der Waals surface area contributed by atoms with Gasteiger partial charge in [0.15, 0.2) is 0 Å². The zero-order chi connectivity index (χ0) is 13.2. The molecule has 1 aromatic heterocycles. The van der Waals surface area contributed by atoms with Crippen LogP contribution in [0.4, 0.5) is 5.69 Å². The quantitative estimate of drug-likeness (QED) is 0.842. The third-order valence-electron chi connectivity index (χ3n) is 4.65. The largest absolute Gasteiger partial charge is 0.396 e. The zero-order valence-corrected chi connectivity index (χ0v) is 11.2. The minimum Gasteiger partial charge on any atom is -0.396 e. The second-order valence-electron chi connectivity index (χ2n) is 6.03. The Balaban J connectivity index is 1.37. The first-order valence-electron chi connectivity index (χ1n) is 7.25. The van der Waals surface area contributed by atoms with Gasteiger partial charge in [-0.25, -0.2) is 0 Å². The number of aromatic nitrogens is 2. The number of rotatable bonds is 5. The van der Waals surface area contributed by atoms with Gasteiger partial charge in [-0.05, 0) is 37.0 Å². The molecule has 5 nitrogen and oxygen atoms in total. The molecule has 2 saturated carbocycles. The van der Waals surface area contributed by atoms with Gasteiger partial charge in [0.05, 0.1) is 18.4 Å². The Morgan fingerprint density at radius 1 is 1.47 bits per heavy atom. The van der Waals surface area contributed by atoms with Crippen LogP contribution < -0.4 is 11.1 Å². The van der Waals surface area contributed by atoms with Crippen molar-refractivity contribution in [2.24, 2.45) is 17.8 Å². The van der Waals surface area contributed by atoms with E-state index in [-0.39, 0.29) is 5.91 Å². The number of nitrogen functional groups attached to an aromatic ring is 1. The first kappa shape index (κ1) is 12.5. The first-order valence-corrected chi connectivity index (χ1v) is 7.25. The second-order valence-corrected chi connectivity index (χ2v) is 6.03. The predicted octanol–water partition coefficient (Wildman–Crippen LogP) is 1.41. The average Bonchev–Trinajstić information content (AvgIpc) is 3.06. The van der Waals surface area contributed by atoms with Crippen molar-refractivity contribution in [1.29, 1.82) is 0 Å². The number of fused-ring (bicyclic) bond motifs is 2. The molecular weight excluding hydrogens is 240 g/mol. The van der Waals surface area contributed by atoms with Crippen molar-refractivity contribution in [1.82, 2.24) is 15.1 Å². The molecule has 0 aromatic carbocycles. The highest BCUT2D eigenvalue weighted by Gasteiger charge is 2.39. The lowest BCUT2D eigenvalue weighted by molar-refractivity contribution is -0.122. The van der Waals surface area contributed by atoms with Crippen LogP contribution in [0.25, 0.3) is 0 Å². The minimum atomic E-state index is 0.192. The molecule has 1 amide bonds. The third-order valence-corrected chi connectivity index (χ3v) is 4.65. The normalized spacial score (nSPS) is 28.7. The lowest BCUT2D eigenvalue weighted by Gasteiger charge is -2.20. The second kappa shape index (κ2) is 5.23. The van der Waals surface area contributed by atoms with Gasteiger partial charge in [-0.15, -0.1) is 0 Å². The molecule has 104 valence electrons. The van der Waals surface area contributed by atoms with E-state index >= 15 is 0 Å². The molecular formula is C14H22N4O. The van der Waals surface area contributed by atoms with Gasteiger partial charge in [0.1, 0.15) is 0 Å². The molecule has 1 heterocycles. The maximum absolute atomic E-state index is 11.9. The standard InChI is InChI=1S/C14H22N4O/c15-13-8-17-18(9-13)4-3-16-14(19)7-12-6-10-1-2-11(12)5-10/h8-12H,1-7,15H2,(H,16,19). The summed E-state index contributed by atoms with van der Waals surface area (Å²) in [6, 6.07) is 0. The lowest BCUT2D eigenvalue weighted by atomic mass is 9.86. The Bertz CT molecular complexity index is 456. The smallest absolute Gasteiger partial charge is 0.220 e. The number of nitrogens with one attached hydrogen (secondary N) is 1. The van der Waals surface area contributed by atoms with Gasteiger partial charge in [-0.1, -0.05) is 6.42 Å². The summed E-state index contributed by atoms with van der Waals surface area (Å²) in [5.41, 5.74) is 6.24. The van der Waals surface area contributed by atoms with Gasteiger partial charge >= 0.3 is 0 Å². The van der Waals surface area contributed by atoms with Crippen LogP contribution in [0.2, 0.25) is 0 Å². The van der Waals surface area contributed by atoms with E-state index in [1.54, 1.807) is 17.1 Å². The van der Waals surface area contributed by atoms with Crippen LogP contribution in [0.3, 0.4) is 0 Å². The SMILES string of the molecule is Nc1cnn(CCNC(=O)CC2CC3CCC2C3)c1. The molecule has 0 aliphatic heterocycles. The fourth-order valence-electron chi connectivity index (χ4n) is 3.75. The molecule has 3 unspecified atom stereocenters. The highest BCUT2D eigenvalue weighted by Crippen LogP contribution is 2.49. The molecule has 2 bridgehead atoms. The van der Waals surface area contributed by atoms with Crippen molar-refractivity contribution < 1.29 is 4.79 Å². The topological polar surface area (TPSA) is 72.9 Å². The van der Waals surface area contributed by atoms with Crippen LogP contribution in [0.15, 0.2) is 12.4 Å². The summed E-state index contributed by atoms with van der Waals surface area (Å²) in [6.07, 6.45) is 9.48. The lowest BCUT2D eigenvalue weighted by Crippen LogP contribution is -2.30. The van der Waals surface area contributed by atoms with Crippen LogP contribution in [-0.2, 0) is 11.3 Å². The van der Waals surface area contributed by atoms with E-state index < -0.39 is 0 Å². The molecule has 0 radical (unpaired) electrons. The van der Waals surface area contributed by atoms with Crippen molar-refractivity contribution in [3.63, 3.8) is 0 Å². The van der Waals surface area contributed by atoms with Crippen molar-refractivity contribution in [2.45, 2.75) is 38.6 Å². The number of hydrogen-bond acceptors (Lipinski definition) is 3. The molecule has 1 aromatic rings. The van der Waals surface area contributed by atoms with Gasteiger partial charge in [-0.2, -0.15) is 5.10 Å². The summed E-state index contributed by atoms with van der Waals surface area (Å²) >= 11 is 0. The number of anilines is 1. The average molecular weight is 262 g/mol. The highest BCUT2D eigenvalue weighted by molar-refractivity contribution is 5.76. The van der Waals surface area contributed by atoms with E-state index in [0.717, 1.165) is 11.8 Å². The third kappa shape index (κ3) is 2.91. The Hall–Kier alpha value is -1.52.